The fraction of sp³-hybridized carbons (Fsp3) is 0. The Morgan fingerprint density at radius 1 is 1.05 bits per heavy atom. The Kier molecular flexibility index (Phi) is 2.89. The van der Waals surface area contributed by atoms with E-state index in [4.69, 9.17) is 4.42 Å². The van der Waals surface area contributed by atoms with Gasteiger partial charge in [0, 0.05) is 23.6 Å². The number of benzene rings is 1. The van der Waals surface area contributed by atoms with Crippen LogP contribution in [0.1, 0.15) is 0 Å². The van der Waals surface area contributed by atoms with E-state index in [0.717, 1.165) is 5.56 Å². The van der Waals surface area contributed by atoms with Crippen molar-refractivity contribution in [1.29, 1.82) is 0 Å². The molecule has 1 N–H and O–H groups in total. The van der Waals surface area contributed by atoms with E-state index < -0.39 is 0 Å². The molecule has 3 aromatic rings. The Balaban J connectivity index is 1.80. The first-order chi connectivity index (χ1) is 9.31. The van der Waals surface area contributed by atoms with Crippen LogP contribution in [0.2, 0.25) is 0 Å². The molecule has 0 unspecified atom stereocenters. The minimum absolute atomic E-state index is 0.292. The predicted molar refractivity (Wildman–Crippen MR) is 67.2 cm³/mol. The lowest BCUT2D eigenvalue weighted by Gasteiger charge is -2.00. The summed E-state index contributed by atoms with van der Waals surface area (Å²) in [5.74, 6) is -0.292. The van der Waals surface area contributed by atoms with Crippen LogP contribution in [0.4, 0.5) is 16.1 Å². The maximum atomic E-state index is 12.8. The Morgan fingerprint density at radius 2 is 1.79 bits per heavy atom. The molecular weight excluding hydrogens is 247 g/mol. The van der Waals surface area contributed by atoms with Gasteiger partial charge in [0.1, 0.15) is 24.1 Å². The highest BCUT2D eigenvalue weighted by molar-refractivity contribution is 5.59. The zero-order valence-electron chi connectivity index (χ0n) is 9.75. The highest BCUT2D eigenvalue weighted by Crippen LogP contribution is 2.21. The van der Waals surface area contributed by atoms with Gasteiger partial charge in [0.2, 0.25) is 0 Å². The largest absolute Gasteiger partial charge is 0.431 e. The average molecular weight is 256 g/mol. The third-order valence-electron chi connectivity index (χ3n) is 2.46. The highest BCUT2D eigenvalue weighted by Gasteiger charge is 2.06. The van der Waals surface area contributed by atoms with Crippen molar-refractivity contribution in [3.05, 3.63) is 55.1 Å². The van der Waals surface area contributed by atoms with Crippen LogP contribution in [-0.4, -0.2) is 15.0 Å². The second-order valence-corrected chi connectivity index (χ2v) is 3.80. The molecular formula is C13H9FN4O. The highest BCUT2D eigenvalue weighted by atomic mass is 19.1. The zero-order chi connectivity index (χ0) is 13.1. The Morgan fingerprint density at radius 3 is 2.53 bits per heavy atom. The zero-order valence-corrected chi connectivity index (χ0v) is 9.75. The maximum Gasteiger partial charge on any atom is 0.299 e. The molecule has 0 aliphatic carbocycles. The number of rotatable bonds is 3. The lowest BCUT2D eigenvalue weighted by molar-refractivity contribution is 0.578. The molecule has 5 nitrogen and oxygen atoms in total. The molecule has 0 saturated heterocycles. The predicted octanol–water partition coefficient (Wildman–Crippen LogP) is 3.01. The first kappa shape index (κ1) is 11.3. The molecule has 0 aliphatic rings. The van der Waals surface area contributed by atoms with Crippen LogP contribution < -0.4 is 5.32 Å². The number of halogens is 1. The Labute approximate surface area is 108 Å². The van der Waals surface area contributed by atoms with Crippen LogP contribution in [0.5, 0.6) is 0 Å². The van der Waals surface area contributed by atoms with E-state index in [9.17, 15) is 4.39 Å². The summed E-state index contributed by atoms with van der Waals surface area (Å²) in [6.45, 7) is 0. The molecule has 0 atom stereocenters. The molecule has 19 heavy (non-hydrogen) atoms. The summed E-state index contributed by atoms with van der Waals surface area (Å²) in [5, 5.41) is 2.94. The molecule has 0 bridgehead atoms. The summed E-state index contributed by atoms with van der Waals surface area (Å²) in [6.07, 6.45) is 6.24. The number of hydrogen-bond donors (Lipinski definition) is 1. The summed E-state index contributed by atoms with van der Waals surface area (Å²) in [6, 6.07) is 6.25. The molecule has 0 radical (unpaired) electrons. The quantitative estimate of drug-likeness (QED) is 0.780. The van der Waals surface area contributed by atoms with E-state index in [-0.39, 0.29) is 5.82 Å². The molecule has 94 valence electrons. The molecule has 0 fully saturated rings. The average Bonchev–Trinajstić information content (AvgIpc) is 2.91. The van der Waals surface area contributed by atoms with Crippen molar-refractivity contribution in [2.24, 2.45) is 0 Å². The van der Waals surface area contributed by atoms with Crippen molar-refractivity contribution in [2.75, 3.05) is 5.32 Å². The monoisotopic (exact) mass is 256 g/mol. The minimum atomic E-state index is -0.292. The fourth-order valence-electron chi connectivity index (χ4n) is 1.55. The van der Waals surface area contributed by atoms with Gasteiger partial charge in [-0.2, -0.15) is 4.98 Å². The van der Waals surface area contributed by atoms with Crippen LogP contribution >= 0.6 is 0 Å². The van der Waals surface area contributed by atoms with Gasteiger partial charge in [-0.25, -0.2) is 14.4 Å². The van der Waals surface area contributed by atoms with E-state index in [1.165, 1.54) is 24.7 Å². The Bertz CT molecular complexity index is 667. The van der Waals surface area contributed by atoms with Crippen LogP contribution in [0, 0.1) is 5.82 Å². The number of hydrogen-bond acceptors (Lipinski definition) is 5. The Hall–Kier alpha value is -2.76. The van der Waals surface area contributed by atoms with Crippen LogP contribution in [-0.2, 0) is 0 Å². The molecule has 6 heteroatoms. The molecule has 0 amide bonds. The van der Waals surface area contributed by atoms with Gasteiger partial charge in [0.25, 0.3) is 6.01 Å². The SMILES string of the molecule is Fc1ccc(Nc2nc(-c3cncnc3)co2)cc1. The number of anilines is 2. The number of aromatic nitrogens is 3. The van der Waals surface area contributed by atoms with Crippen LogP contribution in [0.3, 0.4) is 0 Å². The lowest BCUT2D eigenvalue weighted by atomic mass is 10.3. The van der Waals surface area contributed by atoms with Gasteiger partial charge >= 0.3 is 0 Å². The molecule has 0 aliphatic heterocycles. The van der Waals surface area contributed by atoms with Gasteiger partial charge in [0.05, 0.1) is 0 Å². The fourth-order valence-corrected chi connectivity index (χ4v) is 1.55. The number of nitrogens with one attached hydrogen (secondary N) is 1. The summed E-state index contributed by atoms with van der Waals surface area (Å²) in [5.41, 5.74) is 2.09. The standard InChI is InChI=1S/C13H9FN4O/c14-10-1-3-11(4-2-10)17-13-18-12(7-19-13)9-5-15-8-16-6-9/h1-8H,(H,17,18). The van der Waals surface area contributed by atoms with E-state index in [1.54, 1.807) is 24.5 Å². The van der Waals surface area contributed by atoms with Gasteiger partial charge in [-0.15, -0.1) is 0 Å². The van der Waals surface area contributed by atoms with Crippen molar-refractivity contribution >= 4 is 11.7 Å². The van der Waals surface area contributed by atoms with E-state index in [2.05, 4.69) is 20.3 Å². The first-order valence-corrected chi connectivity index (χ1v) is 5.55. The van der Waals surface area contributed by atoms with Gasteiger partial charge in [0.15, 0.2) is 0 Å². The van der Waals surface area contributed by atoms with Crippen molar-refractivity contribution < 1.29 is 8.81 Å². The second kappa shape index (κ2) is 4.85. The van der Waals surface area contributed by atoms with E-state index in [0.29, 0.717) is 17.4 Å². The van der Waals surface area contributed by atoms with Gasteiger partial charge in [-0.1, -0.05) is 0 Å². The van der Waals surface area contributed by atoms with E-state index >= 15 is 0 Å². The van der Waals surface area contributed by atoms with E-state index in [1.807, 2.05) is 0 Å². The van der Waals surface area contributed by atoms with Crippen LogP contribution in [0.25, 0.3) is 11.3 Å². The molecule has 2 aromatic heterocycles. The number of oxazole rings is 1. The molecule has 1 aromatic carbocycles. The van der Waals surface area contributed by atoms with Gasteiger partial charge < -0.3 is 9.73 Å². The lowest BCUT2D eigenvalue weighted by Crippen LogP contribution is -1.90. The molecule has 3 rings (SSSR count). The van der Waals surface area contributed by atoms with Crippen molar-refractivity contribution in [3.63, 3.8) is 0 Å². The normalized spacial score (nSPS) is 10.4. The third kappa shape index (κ3) is 2.57. The van der Waals surface area contributed by atoms with Gasteiger partial charge in [-0.05, 0) is 24.3 Å². The molecule has 0 spiro atoms. The third-order valence-corrected chi connectivity index (χ3v) is 2.46. The number of nitrogens with zero attached hydrogens (tertiary/aromatic N) is 3. The summed E-state index contributed by atoms with van der Waals surface area (Å²) >= 11 is 0. The summed E-state index contributed by atoms with van der Waals surface area (Å²) in [7, 11) is 0. The van der Waals surface area contributed by atoms with Crippen LogP contribution in [0.15, 0.2) is 53.7 Å². The maximum absolute atomic E-state index is 12.8. The molecule has 2 heterocycles. The summed E-state index contributed by atoms with van der Waals surface area (Å²) < 4.78 is 18.1. The van der Waals surface area contributed by atoms with Crippen molar-refractivity contribution in [1.82, 2.24) is 15.0 Å². The summed E-state index contributed by atoms with van der Waals surface area (Å²) in [4.78, 5) is 12.1. The van der Waals surface area contributed by atoms with Crippen molar-refractivity contribution in [2.45, 2.75) is 0 Å². The topological polar surface area (TPSA) is 63.8 Å². The minimum Gasteiger partial charge on any atom is -0.431 e. The molecule has 0 saturated carbocycles. The first-order valence-electron chi connectivity index (χ1n) is 5.55. The smallest absolute Gasteiger partial charge is 0.299 e. The van der Waals surface area contributed by atoms with Gasteiger partial charge in [-0.3, -0.25) is 0 Å². The second-order valence-electron chi connectivity index (χ2n) is 3.80. The van der Waals surface area contributed by atoms with Crippen molar-refractivity contribution in [3.8, 4) is 11.3 Å².